The van der Waals surface area contributed by atoms with Crippen molar-refractivity contribution in [2.45, 2.75) is 40.2 Å². The number of hydrogen-bond acceptors (Lipinski definition) is 3. The van der Waals surface area contributed by atoms with Gasteiger partial charge < -0.3 is 5.32 Å². The Balaban J connectivity index is 1.99. The number of para-hydroxylation sites is 1. The minimum Gasteiger partial charge on any atom is -0.324 e. The molecule has 3 aromatic rings. The Labute approximate surface area is 169 Å². The Morgan fingerprint density at radius 1 is 1.10 bits per heavy atom. The number of nitrogens with zero attached hydrogens (tertiary/aromatic N) is 2. The average Bonchev–Trinajstić information content (AvgIpc) is 2.70. The van der Waals surface area contributed by atoms with Gasteiger partial charge in [0.05, 0.1) is 0 Å². The van der Waals surface area contributed by atoms with Crippen LogP contribution in [-0.4, -0.2) is 15.5 Å². The SMILES string of the molecule is CCc1cc(=O)n(CC(=O)Nc2c(C)cccc2CC)c(-c2cccc(F)c2)n1. The van der Waals surface area contributed by atoms with Crippen molar-refractivity contribution in [2.75, 3.05) is 5.32 Å². The highest BCUT2D eigenvalue weighted by Gasteiger charge is 2.16. The summed E-state index contributed by atoms with van der Waals surface area (Å²) < 4.78 is 15.0. The minimum absolute atomic E-state index is 0.209. The molecule has 2 aromatic carbocycles. The Hall–Kier alpha value is -3.28. The van der Waals surface area contributed by atoms with Gasteiger partial charge in [0.2, 0.25) is 5.91 Å². The topological polar surface area (TPSA) is 64.0 Å². The molecule has 1 aromatic heterocycles. The molecular formula is C23H24FN3O2. The van der Waals surface area contributed by atoms with E-state index >= 15 is 0 Å². The van der Waals surface area contributed by atoms with E-state index in [-0.39, 0.29) is 23.8 Å². The Morgan fingerprint density at radius 3 is 2.55 bits per heavy atom. The lowest BCUT2D eigenvalue weighted by atomic mass is 10.1. The maximum absolute atomic E-state index is 13.8. The molecule has 0 spiro atoms. The fourth-order valence-corrected chi connectivity index (χ4v) is 3.26. The highest BCUT2D eigenvalue weighted by atomic mass is 19.1. The molecule has 0 radical (unpaired) electrons. The second-order valence-corrected chi connectivity index (χ2v) is 6.87. The molecule has 3 rings (SSSR count). The second-order valence-electron chi connectivity index (χ2n) is 6.87. The molecule has 1 heterocycles. The number of aromatic nitrogens is 2. The predicted molar refractivity (Wildman–Crippen MR) is 112 cm³/mol. The molecule has 6 heteroatoms. The first kappa shape index (κ1) is 20.5. The van der Waals surface area contributed by atoms with Gasteiger partial charge in [-0.15, -0.1) is 0 Å². The molecule has 1 N–H and O–H groups in total. The van der Waals surface area contributed by atoms with Crippen LogP contribution >= 0.6 is 0 Å². The van der Waals surface area contributed by atoms with Crippen molar-refractivity contribution in [1.29, 1.82) is 0 Å². The smallest absolute Gasteiger partial charge is 0.254 e. The van der Waals surface area contributed by atoms with Gasteiger partial charge in [0.25, 0.3) is 5.56 Å². The van der Waals surface area contributed by atoms with Crippen molar-refractivity contribution in [2.24, 2.45) is 0 Å². The van der Waals surface area contributed by atoms with E-state index < -0.39 is 5.82 Å². The first-order valence-corrected chi connectivity index (χ1v) is 9.68. The van der Waals surface area contributed by atoms with Crippen molar-refractivity contribution in [1.82, 2.24) is 9.55 Å². The Morgan fingerprint density at radius 2 is 1.86 bits per heavy atom. The highest BCUT2D eigenvalue weighted by Crippen LogP contribution is 2.22. The summed E-state index contributed by atoms with van der Waals surface area (Å²) in [6, 6.07) is 13.1. The van der Waals surface area contributed by atoms with Gasteiger partial charge in [-0.3, -0.25) is 14.2 Å². The van der Waals surface area contributed by atoms with Gasteiger partial charge in [-0.1, -0.05) is 44.2 Å². The van der Waals surface area contributed by atoms with Gasteiger partial charge in [-0.05, 0) is 43.0 Å². The molecular weight excluding hydrogens is 369 g/mol. The van der Waals surface area contributed by atoms with Gasteiger partial charge in [0.1, 0.15) is 18.2 Å². The number of aryl methyl sites for hydroxylation is 3. The van der Waals surface area contributed by atoms with Crippen LogP contribution in [0, 0.1) is 12.7 Å². The molecule has 150 valence electrons. The number of rotatable bonds is 6. The number of amides is 1. The van der Waals surface area contributed by atoms with Crippen LogP contribution in [0.15, 0.2) is 53.3 Å². The van der Waals surface area contributed by atoms with Gasteiger partial charge in [0.15, 0.2) is 0 Å². The lowest BCUT2D eigenvalue weighted by molar-refractivity contribution is -0.116. The number of nitrogens with one attached hydrogen (secondary N) is 1. The van der Waals surface area contributed by atoms with Gasteiger partial charge >= 0.3 is 0 Å². The first-order chi connectivity index (χ1) is 13.9. The van der Waals surface area contributed by atoms with E-state index in [2.05, 4.69) is 10.3 Å². The summed E-state index contributed by atoms with van der Waals surface area (Å²) in [4.78, 5) is 30.0. The summed E-state index contributed by atoms with van der Waals surface area (Å²) in [5.41, 5.74) is 3.45. The summed E-state index contributed by atoms with van der Waals surface area (Å²) in [5, 5.41) is 2.92. The van der Waals surface area contributed by atoms with Crippen molar-refractivity contribution in [3.63, 3.8) is 0 Å². The zero-order chi connectivity index (χ0) is 21.0. The molecule has 0 fully saturated rings. The van der Waals surface area contributed by atoms with Crippen LogP contribution in [0.1, 0.15) is 30.7 Å². The number of halogens is 1. The number of hydrogen-bond donors (Lipinski definition) is 1. The number of carbonyl (C=O) groups excluding carboxylic acids is 1. The molecule has 0 atom stereocenters. The molecule has 0 saturated heterocycles. The summed E-state index contributed by atoms with van der Waals surface area (Å²) >= 11 is 0. The van der Waals surface area contributed by atoms with Crippen LogP contribution < -0.4 is 10.9 Å². The zero-order valence-corrected chi connectivity index (χ0v) is 16.8. The van der Waals surface area contributed by atoms with E-state index in [1.165, 1.54) is 22.8 Å². The standard InChI is InChI=1S/C23H24FN3O2/c1-4-16-9-6-8-15(3)22(16)26-20(28)14-27-21(29)13-19(5-2)25-23(27)17-10-7-11-18(24)12-17/h6-13H,4-5,14H2,1-3H3,(H,26,28). The first-order valence-electron chi connectivity index (χ1n) is 9.68. The molecule has 5 nitrogen and oxygen atoms in total. The lowest BCUT2D eigenvalue weighted by Gasteiger charge is -2.16. The fourth-order valence-electron chi connectivity index (χ4n) is 3.26. The van der Waals surface area contributed by atoms with Crippen LogP contribution in [0.25, 0.3) is 11.4 Å². The lowest BCUT2D eigenvalue weighted by Crippen LogP contribution is -2.30. The summed E-state index contributed by atoms with van der Waals surface area (Å²) in [5.74, 6) is -0.480. The van der Waals surface area contributed by atoms with E-state index in [0.717, 1.165) is 23.2 Å². The highest BCUT2D eigenvalue weighted by molar-refractivity contribution is 5.92. The maximum Gasteiger partial charge on any atom is 0.254 e. The van der Waals surface area contributed by atoms with E-state index in [4.69, 9.17) is 0 Å². The summed E-state index contributed by atoms with van der Waals surface area (Å²) in [6.45, 7) is 5.62. The predicted octanol–water partition coefficient (Wildman–Crippen LogP) is 4.12. The van der Waals surface area contributed by atoms with Crippen LogP contribution in [0.2, 0.25) is 0 Å². The van der Waals surface area contributed by atoms with E-state index in [1.807, 2.05) is 39.0 Å². The van der Waals surface area contributed by atoms with Crippen molar-refractivity contribution in [3.8, 4) is 11.4 Å². The molecule has 29 heavy (non-hydrogen) atoms. The average molecular weight is 393 g/mol. The zero-order valence-electron chi connectivity index (χ0n) is 16.8. The molecule has 1 amide bonds. The third-order valence-corrected chi connectivity index (χ3v) is 4.81. The Kier molecular flexibility index (Phi) is 6.22. The third-order valence-electron chi connectivity index (χ3n) is 4.81. The van der Waals surface area contributed by atoms with Gasteiger partial charge in [-0.25, -0.2) is 9.37 Å². The molecule has 0 aliphatic rings. The summed E-state index contributed by atoms with van der Waals surface area (Å²) in [6.07, 6.45) is 1.34. The van der Waals surface area contributed by atoms with E-state index in [0.29, 0.717) is 17.7 Å². The van der Waals surface area contributed by atoms with Gasteiger partial charge in [0, 0.05) is 23.0 Å². The minimum atomic E-state index is -0.429. The second kappa shape index (κ2) is 8.82. The number of benzene rings is 2. The van der Waals surface area contributed by atoms with E-state index in [9.17, 15) is 14.0 Å². The van der Waals surface area contributed by atoms with Crippen LogP contribution in [0.4, 0.5) is 10.1 Å². The van der Waals surface area contributed by atoms with Crippen LogP contribution in [-0.2, 0) is 24.2 Å². The van der Waals surface area contributed by atoms with Crippen molar-refractivity contribution < 1.29 is 9.18 Å². The van der Waals surface area contributed by atoms with Crippen LogP contribution in [0.5, 0.6) is 0 Å². The molecule has 0 saturated carbocycles. The van der Waals surface area contributed by atoms with E-state index in [1.54, 1.807) is 12.1 Å². The number of anilines is 1. The number of carbonyl (C=O) groups is 1. The molecule has 0 aliphatic carbocycles. The van der Waals surface area contributed by atoms with Crippen molar-refractivity contribution in [3.05, 3.63) is 81.5 Å². The largest absolute Gasteiger partial charge is 0.324 e. The summed E-state index contributed by atoms with van der Waals surface area (Å²) in [7, 11) is 0. The van der Waals surface area contributed by atoms with Gasteiger partial charge in [-0.2, -0.15) is 0 Å². The maximum atomic E-state index is 13.8. The normalized spacial score (nSPS) is 10.8. The monoisotopic (exact) mass is 393 g/mol. The Bertz CT molecular complexity index is 1110. The van der Waals surface area contributed by atoms with Crippen LogP contribution in [0.3, 0.4) is 0 Å². The molecule has 0 bridgehead atoms. The molecule has 0 aliphatic heterocycles. The van der Waals surface area contributed by atoms with Crippen molar-refractivity contribution >= 4 is 11.6 Å². The quantitative estimate of drug-likeness (QED) is 0.685. The fraction of sp³-hybridized carbons (Fsp3) is 0.261. The molecule has 0 unspecified atom stereocenters. The third kappa shape index (κ3) is 4.59.